The lowest BCUT2D eigenvalue weighted by atomic mass is 9.86. The molecule has 0 spiro atoms. The van der Waals surface area contributed by atoms with Crippen LogP contribution in [0.5, 0.6) is 0 Å². The zero-order valence-corrected chi connectivity index (χ0v) is 13.0. The van der Waals surface area contributed by atoms with E-state index in [1.165, 1.54) is 26.4 Å². The molecule has 5 nitrogen and oxygen atoms in total. The van der Waals surface area contributed by atoms with E-state index in [4.69, 9.17) is 0 Å². The number of esters is 1. The molecule has 0 aromatic rings. The summed E-state index contributed by atoms with van der Waals surface area (Å²) in [6.07, 6.45) is 5.92. The molecule has 1 aliphatic rings. The lowest BCUT2D eigenvalue weighted by Gasteiger charge is -2.30. The van der Waals surface area contributed by atoms with E-state index in [-0.39, 0.29) is 11.9 Å². The fourth-order valence-electron chi connectivity index (χ4n) is 2.70. The Balaban J connectivity index is 2.18. The number of carbonyl (C=O) groups excluding carboxylic acids is 2. The molecule has 5 heteroatoms. The molecule has 0 radical (unpaired) electrons. The van der Waals surface area contributed by atoms with Gasteiger partial charge in [-0.15, -0.1) is 0 Å². The summed E-state index contributed by atoms with van der Waals surface area (Å²) in [5.41, 5.74) is 0. The number of hydrogen-bond donors (Lipinski definition) is 1. The summed E-state index contributed by atoms with van der Waals surface area (Å²) >= 11 is 0. The van der Waals surface area contributed by atoms with Crippen LogP contribution in [0.15, 0.2) is 0 Å². The number of rotatable bonds is 7. The third kappa shape index (κ3) is 6.37. The molecule has 1 N–H and O–H groups in total. The van der Waals surface area contributed by atoms with Gasteiger partial charge in [-0.05, 0) is 38.8 Å². The smallest absolute Gasteiger partial charge is 0.305 e. The van der Waals surface area contributed by atoms with Crippen molar-refractivity contribution >= 4 is 11.9 Å². The van der Waals surface area contributed by atoms with Crippen molar-refractivity contribution in [2.24, 2.45) is 5.92 Å². The van der Waals surface area contributed by atoms with E-state index in [1.807, 2.05) is 11.9 Å². The molecule has 20 heavy (non-hydrogen) atoms. The summed E-state index contributed by atoms with van der Waals surface area (Å²) in [7, 11) is 3.30. The van der Waals surface area contributed by atoms with Crippen molar-refractivity contribution in [3.05, 3.63) is 0 Å². The van der Waals surface area contributed by atoms with Crippen LogP contribution in [0.1, 0.15) is 45.4 Å². The highest BCUT2D eigenvalue weighted by Crippen LogP contribution is 2.23. The van der Waals surface area contributed by atoms with Crippen LogP contribution in [0, 0.1) is 5.92 Å². The highest BCUT2D eigenvalue weighted by Gasteiger charge is 2.22. The lowest BCUT2D eigenvalue weighted by molar-refractivity contribution is -0.140. The van der Waals surface area contributed by atoms with E-state index < -0.39 is 0 Å². The molecular formula is C15H28N2O3. The number of amides is 1. The Bertz CT molecular complexity index is 320. The molecule has 0 saturated heterocycles. The Morgan fingerprint density at radius 1 is 1.30 bits per heavy atom. The maximum absolute atomic E-state index is 12.0. The minimum atomic E-state index is -0.195. The van der Waals surface area contributed by atoms with Gasteiger partial charge in [-0.1, -0.05) is 19.8 Å². The van der Waals surface area contributed by atoms with E-state index in [0.717, 1.165) is 19.4 Å². The van der Waals surface area contributed by atoms with Gasteiger partial charge >= 0.3 is 5.97 Å². The standard InChI is InChI=1S/C15H28N2O3/c1-12-7-4-5-8-13(12)16-14(18)11-17(2)10-6-9-15(19)20-3/h12-13H,4-11H2,1-3H3,(H,16,18). The molecule has 1 amide bonds. The van der Waals surface area contributed by atoms with Crippen molar-refractivity contribution in [3.8, 4) is 0 Å². The number of ether oxygens (including phenoxy) is 1. The van der Waals surface area contributed by atoms with Crippen molar-refractivity contribution in [1.29, 1.82) is 0 Å². The van der Waals surface area contributed by atoms with E-state index in [2.05, 4.69) is 17.0 Å². The summed E-state index contributed by atoms with van der Waals surface area (Å²) < 4.78 is 4.59. The summed E-state index contributed by atoms with van der Waals surface area (Å²) in [5, 5.41) is 3.14. The molecular weight excluding hydrogens is 256 g/mol. The maximum Gasteiger partial charge on any atom is 0.305 e. The average Bonchev–Trinajstić information content (AvgIpc) is 2.41. The largest absolute Gasteiger partial charge is 0.469 e. The predicted octanol–water partition coefficient (Wildman–Crippen LogP) is 1.57. The number of carbonyl (C=O) groups is 2. The van der Waals surface area contributed by atoms with Crippen molar-refractivity contribution in [2.45, 2.75) is 51.5 Å². The fourth-order valence-corrected chi connectivity index (χ4v) is 2.70. The molecule has 0 aliphatic heterocycles. The number of hydrogen-bond acceptors (Lipinski definition) is 4. The molecule has 1 aliphatic carbocycles. The van der Waals surface area contributed by atoms with Crippen molar-refractivity contribution in [3.63, 3.8) is 0 Å². The van der Waals surface area contributed by atoms with E-state index in [1.54, 1.807) is 0 Å². The molecule has 116 valence electrons. The van der Waals surface area contributed by atoms with Crippen molar-refractivity contribution in [2.75, 3.05) is 27.2 Å². The van der Waals surface area contributed by atoms with Gasteiger partial charge in [-0.25, -0.2) is 0 Å². The highest BCUT2D eigenvalue weighted by atomic mass is 16.5. The van der Waals surface area contributed by atoms with Gasteiger partial charge in [0.1, 0.15) is 0 Å². The van der Waals surface area contributed by atoms with Gasteiger partial charge in [0.15, 0.2) is 0 Å². The SMILES string of the molecule is COC(=O)CCCN(C)CC(=O)NC1CCCCC1C. The first-order valence-electron chi connectivity index (χ1n) is 7.57. The highest BCUT2D eigenvalue weighted by molar-refractivity contribution is 5.78. The Morgan fingerprint density at radius 3 is 2.65 bits per heavy atom. The van der Waals surface area contributed by atoms with Gasteiger partial charge in [0, 0.05) is 12.5 Å². The summed E-state index contributed by atoms with van der Waals surface area (Å²) in [6, 6.07) is 0.333. The van der Waals surface area contributed by atoms with E-state index >= 15 is 0 Å². The monoisotopic (exact) mass is 284 g/mol. The first kappa shape index (κ1) is 17.0. The molecule has 0 heterocycles. The maximum atomic E-state index is 12.0. The summed E-state index contributed by atoms with van der Waals surface area (Å²) in [4.78, 5) is 24.9. The zero-order chi connectivity index (χ0) is 15.0. The third-order valence-corrected chi connectivity index (χ3v) is 4.02. The molecule has 0 aromatic carbocycles. The minimum Gasteiger partial charge on any atom is -0.469 e. The summed E-state index contributed by atoms with van der Waals surface area (Å²) in [5.74, 6) is 0.473. The van der Waals surface area contributed by atoms with Crippen LogP contribution in [0.4, 0.5) is 0 Å². The lowest BCUT2D eigenvalue weighted by Crippen LogP contribution is -2.45. The first-order valence-corrected chi connectivity index (χ1v) is 7.57. The number of nitrogens with zero attached hydrogens (tertiary/aromatic N) is 1. The Morgan fingerprint density at radius 2 is 2.00 bits per heavy atom. The second kappa shape index (κ2) is 8.95. The normalized spacial score (nSPS) is 22.6. The van der Waals surface area contributed by atoms with Gasteiger partial charge in [-0.3, -0.25) is 14.5 Å². The Kier molecular flexibility index (Phi) is 7.59. The van der Waals surface area contributed by atoms with Gasteiger partial charge in [-0.2, -0.15) is 0 Å². The third-order valence-electron chi connectivity index (χ3n) is 4.02. The van der Waals surface area contributed by atoms with Crippen LogP contribution in [-0.2, 0) is 14.3 Å². The van der Waals surface area contributed by atoms with Crippen LogP contribution in [-0.4, -0.2) is 50.1 Å². The molecule has 2 atom stereocenters. The predicted molar refractivity (Wildman–Crippen MR) is 78.3 cm³/mol. The Hall–Kier alpha value is -1.10. The van der Waals surface area contributed by atoms with E-state index in [0.29, 0.717) is 24.9 Å². The molecule has 0 bridgehead atoms. The van der Waals surface area contributed by atoms with Gasteiger partial charge in [0.25, 0.3) is 0 Å². The molecule has 1 fully saturated rings. The fraction of sp³-hybridized carbons (Fsp3) is 0.867. The van der Waals surface area contributed by atoms with Crippen molar-refractivity contribution < 1.29 is 14.3 Å². The second-order valence-electron chi connectivity index (χ2n) is 5.85. The van der Waals surface area contributed by atoms with Crippen LogP contribution in [0.25, 0.3) is 0 Å². The van der Waals surface area contributed by atoms with Crippen molar-refractivity contribution in [1.82, 2.24) is 10.2 Å². The van der Waals surface area contributed by atoms with E-state index in [9.17, 15) is 9.59 Å². The van der Waals surface area contributed by atoms with Crippen LogP contribution in [0.3, 0.4) is 0 Å². The quantitative estimate of drug-likeness (QED) is 0.721. The van der Waals surface area contributed by atoms with Crippen LogP contribution in [0.2, 0.25) is 0 Å². The zero-order valence-electron chi connectivity index (χ0n) is 13.0. The molecule has 2 unspecified atom stereocenters. The molecule has 1 saturated carbocycles. The molecule has 0 aromatic heterocycles. The Labute approximate surface area is 122 Å². The second-order valence-corrected chi connectivity index (χ2v) is 5.85. The number of nitrogens with one attached hydrogen (secondary N) is 1. The van der Waals surface area contributed by atoms with Gasteiger partial charge in [0.05, 0.1) is 13.7 Å². The summed E-state index contributed by atoms with van der Waals surface area (Å²) in [6.45, 7) is 3.33. The van der Waals surface area contributed by atoms with Crippen LogP contribution < -0.4 is 5.32 Å². The topological polar surface area (TPSA) is 58.6 Å². The number of methoxy groups -OCH3 is 1. The van der Waals surface area contributed by atoms with Gasteiger partial charge < -0.3 is 10.1 Å². The average molecular weight is 284 g/mol. The van der Waals surface area contributed by atoms with Gasteiger partial charge in [0.2, 0.25) is 5.91 Å². The molecule has 1 rings (SSSR count). The minimum absolute atomic E-state index is 0.0873. The van der Waals surface area contributed by atoms with Crippen LogP contribution >= 0.6 is 0 Å². The first-order chi connectivity index (χ1) is 9.52. The number of likely N-dealkylation sites (N-methyl/N-ethyl adjacent to an activating group) is 1.